The number of carbonyl (C=O) groups is 2. The van der Waals surface area contributed by atoms with E-state index in [0.717, 1.165) is 18.8 Å². The van der Waals surface area contributed by atoms with Gasteiger partial charge in [0.1, 0.15) is 5.75 Å². The van der Waals surface area contributed by atoms with Crippen LogP contribution in [-0.4, -0.2) is 38.7 Å². The summed E-state index contributed by atoms with van der Waals surface area (Å²) in [6.45, 7) is 2.04. The molecular formula is C21H23BrN2O4. The van der Waals surface area contributed by atoms with Crippen LogP contribution in [0.2, 0.25) is 0 Å². The van der Waals surface area contributed by atoms with E-state index in [0.29, 0.717) is 15.8 Å². The number of hydrogen-bond acceptors (Lipinski definition) is 5. The summed E-state index contributed by atoms with van der Waals surface area (Å²) in [5, 5.41) is 2.83. The van der Waals surface area contributed by atoms with Crippen molar-refractivity contribution in [3.8, 4) is 5.75 Å². The molecule has 148 valence electrons. The highest BCUT2D eigenvalue weighted by Crippen LogP contribution is 2.26. The minimum Gasteiger partial charge on any atom is -0.483 e. The lowest BCUT2D eigenvalue weighted by molar-refractivity contribution is -0.118. The van der Waals surface area contributed by atoms with Crippen LogP contribution >= 0.6 is 15.9 Å². The molecule has 28 heavy (non-hydrogen) atoms. The van der Waals surface area contributed by atoms with Crippen LogP contribution in [0, 0.1) is 0 Å². The molecule has 0 radical (unpaired) electrons. The van der Waals surface area contributed by atoms with Gasteiger partial charge in [-0.05, 0) is 77.7 Å². The van der Waals surface area contributed by atoms with Crippen molar-refractivity contribution in [2.24, 2.45) is 0 Å². The zero-order valence-electron chi connectivity index (χ0n) is 15.7. The van der Waals surface area contributed by atoms with Crippen molar-refractivity contribution in [2.45, 2.75) is 19.3 Å². The van der Waals surface area contributed by atoms with Crippen LogP contribution < -0.4 is 15.0 Å². The van der Waals surface area contributed by atoms with E-state index in [2.05, 4.69) is 30.9 Å². The third-order valence-corrected chi connectivity index (χ3v) is 5.20. The predicted octanol–water partition coefficient (Wildman–Crippen LogP) is 4.24. The number of amides is 1. The fourth-order valence-electron chi connectivity index (χ4n) is 3.11. The maximum Gasteiger partial charge on any atom is 0.337 e. The highest BCUT2D eigenvalue weighted by Gasteiger charge is 2.12. The Morgan fingerprint density at radius 3 is 2.43 bits per heavy atom. The Hall–Kier alpha value is -2.54. The number of halogens is 1. The zero-order chi connectivity index (χ0) is 19.9. The maximum absolute atomic E-state index is 12.2. The van der Waals surface area contributed by atoms with Gasteiger partial charge in [-0.1, -0.05) is 0 Å². The molecule has 0 saturated carbocycles. The number of rotatable bonds is 6. The predicted molar refractivity (Wildman–Crippen MR) is 112 cm³/mol. The van der Waals surface area contributed by atoms with Crippen molar-refractivity contribution in [3.63, 3.8) is 0 Å². The Balaban J connectivity index is 1.52. The molecule has 1 fully saturated rings. The van der Waals surface area contributed by atoms with E-state index in [-0.39, 0.29) is 12.5 Å². The highest BCUT2D eigenvalue weighted by atomic mass is 79.9. The molecule has 0 bridgehead atoms. The Morgan fingerprint density at radius 2 is 1.79 bits per heavy atom. The Labute approximate surface area is 172 Å². The van der Waals surface area contributed by atoms with Gasteiger partial charge < -0.3 is 19.7 Å². The largest absolute Gasteiger partial charge is 0.483 e. The first-order valence-electron chi connectivity index (χ1n) is 9.22. The molecule has 0 aliphatic carbocycles. The second-order valence-electron chi connectivity index (χ2n) is 6.57. The standard InChI is InChI=1S/C21H23BrN2O4/c1-27-21(26)15-5-10-19(18(22)13-15)28-14-20(25)23-16-6-8-17(9-7-16)24-11-3-2-4-12-24/h5-10,13H,2-4,11-12,14H2,1H3,(H,23,25). The first kappa shape index (κ1) is 20.2. The average molecular weight is 447 g/mol. The molecule has 0 spiro atoms. The minimum absolute atomic E-state index is 0.135. The molecule has 1 N–H and O–H groups in total. The summed E-state index contributed by atoms with van der Waals surface area (Å²) in [4.78, 5) is 26.1. The Bertz CT molecular complexity index is 833. The third-order valence-electron chi connectivity index (χ3n) is 4.58. The summed E-state index contributed by atoms with van der Waals surface area (Å²) in [6.07, 6.45) is 3.75. The summed E-state index contributed by atoms with van der Waals surface area (Å²) >= 11 is 3.34. The summed E-state index contributed by atoms with van der Waals surface area (Å²) in [6, 6.07) is 12.7. The van der Waals surface area contributed by atoms with Gasteiger partial charge in [0, 0.05) is 24.5 Å². The van der Waals surface area contributed by atoms with E-state index in [9.17, 15) is 9.59 Å². The first-order chi connectivity index (χ1) is 13.6. The summed E-state index contributed by atoms with van der Waals surface area (Å²) < 4.78 is 10.8. The second-order valence-corrected chi connectivity index (χ2v) is 7.42. The van der Waals surface area contributed by atoms with Gasteiger partial charge in [-0.3, -0.25) is 4.79 Å². The van der Waals surface area contributed by atoms with Gasteiger partial charge in [0.25, 0.3) is 5.91 Å². The quantitative estimate of drug-likeness (QED) is 0.671. The molecule has 1 saturated heterocycles. The van der Waals surface area contributed by atoms with E-state index >= 15 is 0 Å². The highest BCUT2D eigenvalue weighted by molar-refractivity contribution is 9.10. The van der Waals surface area contributed by atoms with E-state index in [1.54, 1.807) is 18.2 Å². The normalized spacial score (nSPS) is 13.7. The van der Waals surface area contributed by atoms with Gasteiger partial charge in [-0.25, -0.2) is 4.79 Å². The van der Waals surface area contributed by atoms with Crippen molar-refractivity contribution in [2.75, 3.05) is 37.0 Å². The molecule has 7 heteroatoms. The molecule has 0 unspecified atom stereocenters. The maximum atomic E-state index is 12.2. The number of carbonyl (C=O) groups excluding carboxylic acids is 2. The molecule has 3 rings (SSSR count). The number of ether oxygens (including phenoxy) is 2. The van der Waals surface area contributed by atoms with Gasteiger partial charge >= 0.3 is 5.97 Å². The van der Waals surface area contributed by atoms with Crippen LogP contribution in [0.25, 0.3) is 0 Å². The number of esters is 1. The van der Waals surface area contributed by atoms with E-state index < -0.39 is 5.97 Å². The summed E-state index contributed by atoms with van der Waals surface area (Å²) in [7, 11) is 1.32. The lowest BCUT2D eigenvalue weighted by Gasteiger charge is -2.28. The summed E-state index contributed by atoms with van der Waals surface area (Å²) in [5.41, 5.74) is 2.32. The zero-order valence-corrected chi connectivity index (χ0v) is 17.3. The van der Waals surface area contributed by atoms with Crippen LogP contribution in [-0.2, 0) is 9.53 Å². The molecule has 0 aromatic heterocycles. The van der Waals surface area contributed by atoms with Crippen LogP contribution in [0.1, 0.15) is 29.6 Å². The molecular weight excluding hydrogens is 424 g/mol. The van der Waals surface area contributed by atoms with Gasteiger partial charge in [-0.15, -0.1) is 0 Å². The molecule has 1 amide bonds. The van der Waals surface area contributed by atoms with Crippen LogP contribution in [0.3, 0.4) is 0 Å². The van der Waals surface area contributed by atoms with Gasteiger partial charge in [0.15, 0.2) is 6.61 Å². The topological polar surface area (TPSA) is 67.9 Å². The van der Waals surface area contributed by atoms with Crippen molar-refractivity contribution < 1.29 is 19.1 Å². The van der Waals surface area contributed by atoms with E-state index in [1.807, 2.05) is 24.3 Å². The lowest BCUT2D eigenvalue weighted by atomic mass is 10.1. The smallest absolute Gasteiger partial charge is 0.337 e. The average Bonchev–Trinajstić information content (AvgIpc) is 2.73. The van der Waals surface area contributed by atoms with E-state index in [1.165, 1.54) is 32.1 Å². The van der Waals surface area contributed by atoms with Gasteiger partial charge in [0.05, 0.1) is 17.1 Å². The van der Waals surface area contributed by atoms with Crippen molar-refractivity contribution >= 4 is 39.2 Å². The van der Waals surface area contributed by atoms with Crippen LogP contribution in [0.4, 0.5) is 11.4 Å². The molecule has 1 heterocycles. The van der Waals surface area contributed by atoms with Crippen LogP contribution in [0.15, 0.2) is 46.9 Å². The fraction of sp³-hybridized carbons (Fsp3) is 0.333. The number of hydrogen-bond donors (Lipinski definition) is 1. The van der Waals surface area contributed by atoms with Crippen LogP contribution in [0.5, 0.6) is 5.75 Å². The monoisotopic (exact) mass is 446 g/mol. The number of benzene rings is 2. The van der Waals surface area contributed by atoms with Gasteiger partial charge in [-0.2, -0.15) is 0 Å². The molecule has 1 aliphatic rings. The van der Waals surface area contributed by atoms with Crippen molar-refractivity contribution in [1.82, 2.24) is 0 Å². The van der Waals surface area contributed by atoms with Crippen molar-refractivity contribution in [3.05, 3.63) is 52.5 Å². The number of piperidine rings is 1. The number of anilines is 2. The Kier molecular flexibility index (Phi) is 6.92. The first-order valence-corrected chi connectivity index (χ1v) is 10.0. The van der Waals surface area contributed by atoms with E-state index in [4.69, 9.17) is 4.74 Å². The summed E-state index contributed by atoms with van der Waals surface area (Å²) in [5.74, 6) is -0.212. The third kappa shape index (κ3) is 5.25. The number of methoxy groups -OCH3 is 1. The number of nitrogens with zero attached hydrogens (tertiary/aromatic N) is 1. The second kappa shape index (κ2) is 9.59. The molecule has 6 nitrogen and oxygen atoms in total. The fourth-order valence-corrected chi connectivity index (χ4v) is 3.60. The Morgan fingerprint density at radius 1 is 1.07 bits per heavy atom. The lowest BCUT2D eigenvalue weighted by Crippen LogP contribution is -2.29. The molecule has 2 aromatic carbocycles. The minimum atomic E-state index is -0.432. The van der Waals surface area contributed by atoms with Gasteiger partial charge in [0.2, 0.25) is 0 Å². The molecule has 1 aliphatic heterocycles. The molecule has 2 aromatic rings. The van der Waals surface area contributed by atoms with Crippen molar-refractivity contribution in [1.29, 1.82) is 0 Å². The SMILES string of the molecule is COC(=O)c1ccc(OCC(=O)Nc2ccc(N3CCCCC3)cc2)c(Br)c1. The molecule has 0 atom stereocenters. The number of nitrogens with one attached hydrogen (secondary N) is 1.